The zero-order valence-electron chi connectivity index (χ0n) is 19.7. The molecule has 1 fully saturated rings. The maximum Gasteiger partial charge on any atom is 0.410 e. The van der Waals surface area contributed by atoms with Crippen molar-refractivity contribution in [3.8, 4) is 5.75 Å². The Morgan fingerprint density at radius 1 is 0.939 bits per heavy atom. The standard InChI is InChI=1S/C24H30F2N2O5/c1-22(2,3)32-20(29)27-24(13-28(14-24)21(30)33-23(4,5)6)17-9-7-16-12-18(31-19(25)26)10-8-15(16)11-17/h7-12,19H,13-14H2,1-6H3,(H,27,29). The number of nitrogens with zero attached hydrogens (tertiary/aromatic N) is 1. The van der Waals surface area contributed by atoms with Crippen LogP contribution in [0.4, 0.5) is 18.4 Å². The number of nitrogens with one attached hydrogen (secondary N) is 1. The van der Waals surface area contributed by atoms with Gasteiger partial charge in [0.15, 0.2) is 0 Å². The van der Waals surface area contributed by atoms with E-state index in [4.69, 9.17) is 9.47 Å². The van der Waals surface area contributed by atoms with Crippen molar-refractivity contribution in [3.63, 3.8) is 0 Å². The number of fused-ring (bicyclic) bond motifs is 1. The Morgan fingerprint density at radius 3 is 2.09 bits per heavy atom. The van der Waals surface area contributed by atoms with Crippen molar-refractivity contribution in [2.75, 3.05) is 13.1 Å². The first-order valence-electron chi connectivity index (χ1n) is 10.6. The van der Waals surface area contributed by atoms with Crippen molar-refractivity contribution in [2.24, 2.45) is 0 Å². The van der Waals surface area contributed by atoms with Crippen molar-refractivity contribution in [1.82, 2.24) is 10.2 Å². The summed E-state index contributed by atoms with van der Waals surface area (Å²) in [6, 6.07) is 10.1. The van der Waals surface area contributed by atoms with Crippen molar-refractivity contribution < 1.29 is 32.6 Å². The fourth-order valence-electron chi connectivity index (χ4n) is 3.59. The molecule has 0 spiro atoms. The molecule has 9 heteroatoms. The fraction of sp³-hybridized carbons (Fsp3) is 0.500. The summed E-state index contributed by atoms with van der Waals surface area (Å²) in [4.78, 5) is 26.6. The number of likely N-dealkylation sites (tertiary alicyclic amines) is 1. The molecule has 180 valence electrons. The Labute approximate surface area is 192 Å². The first kappa shape index (κ1) is 24.5. The van der Waals surface area contributed by atoms with Crippen LogP contribution in [0.3, 0.4) is 0 Å². The lowest BCUT2D eigenvalue weighted by Crippen LogP contribution is -2.69. The highest BCUT2D eigenvalue weighted by Crippen LogP contribution is 2.36. The highest BCUT2D eigenvalue weighted by atomic mass is 19.3. The molecule has 2 amide bonds. The average molecular weight is 465 g/mol. The topological polar surface area (TPSA) is 77.1 Å². The number of rotatable bonds is 4. The molecule has 0 saturated carbocycles. The van der Waals surface area contributed by atoms with Gasteiger partial charge in [0.05, 0.1) is 13.1 Å². The molecule has 1 aliphatic heterocycles. The molecule has 0 unspecified atom stereocenters. The Hall–Kier alpha value is -3.10. The summed E-state index contributed by atoms with van der Waals surface area (Å²) in [6.45, 7) is 8.13. The normalized spacial score (nSPS) is 15.7. The van der Waals surface area contributed by atoms with Crippen LogP contribution in [0.5, 0.6) is 5.75 Å². The molecule has 0 aromatic heterocycles. The minimum atomic E-state index is -2.91. The average Bonchev–Trinajstić information content (AvgIpc) is 2.60. The summed E-state index contributed by atoms with van der Waals surface area (Å²) in [7, 11) is 0. The predicted octanol–water partition coefficient (Wildman–Crippen LogP) is 5.41. The van der Waals surface area contributed by atoms with Gasteiger partial charge in [-0.2, -0.15) is 8.78 Å². The van der Waals surface area contributed by atoms with E-state index in [0.29, 0.717) is 5.39 Å². The largest absolute Gasteiger partial charge is 0.444 e. The number of carbonyl (C=O) groups is 2. The molecule has 33 heavy (non-hydrogen) atoms. The van der Waals surface area contributed by atoms with Crippen LogP contribution in [0.25, 0.3) is 10.8 Å². The summed E-state index contributed by atoms with van der Waals surface area (Å²) in [6.07, 6.45) is -1.08. The molecule has 7 nitrogen and oxygen atoms in total. The van der Waals surface area contributed by atoms with Gasteiger partial charge in [-0.3, -0.25) is 0 Å². The third kappa shape index (κ3) is 6.24. The third-order valence-electron chi connectivity index (χ3n) is 4.90. The molecule has 1 heterocycles. The minimum absolute atomic E-state index is 0.0617. The highest BCUT2D eigenvalue weighted by Gasteiger charge is 2.49. The zero-order chi connectivity index (χ0) is 24.6. The van der Waals surface area contributed by atoms with Crippen molar-refractivity contribution in [1.29, 1.82) is 0 Å². The van der Waals surface area contributed by atoms with Gasteiger partial charge >= 0.3 is 18.8 Å². The maximum absolute atomic E-state index is 12.6. The molecule has 0 bridgehead atoms. The Balaban J connectivity index is 1.88. The minimum Gasteiger partial charge on any atom is -0.444 e. The van der Waals surface area contributed by atoms with E-state index in [2.05, 4.69) is 10.1 Å². The number of alkyl halides is 2. The van der Waals surface area contributed by atoms with Gasteiger partial charge in [-0.05, 0) is 76.1 Å². The molecule has 0 radical (unpaired) electrons. The van der Waals surface area contributed by atoms with E-state index in [1.165, 1.54) is 17.0 Å². The van der Waals surface area contributed by atoms with Gasteiger partial charge in [0.25, 0.3) is 0 Å². The van der Waals surface area contributed by atoms with E-state index >= 15 is 0 Å². The van der Waals surface area contributed by atoms with E-state index in [-0.39, 0.29) is 18.8 Å². The number of alkyl carbamates (subject to hydrolysis) is 1. The first-order valence-corrected chi connectivity index (χ1v) is 10.6. The number of amides is 2. The number of ether oxygens (including phenoxy) is 3. The monoisotopic (exact) mass is 464 g/mol. The van der Waals surface area contributed by atoms with E-state index in [1.807, 2.05) is 6.07 Å². The number of halogens is 2. The molecular formula is C24H30F2N2O5. The van der Waals surface area contributed by atoms with Crippen molar-refractivity contribution in [3.05, 3.63) is 42.0 Å². The lowest BCUT2D eigenvalue weighted by molar-refractivity contribution is -0.0497. The molecule has 1 N–H and O–H groups in total. The summed E-state index contributed by atoms with van der Waals surface area (Å²) in [5.41, 5.74) is -1.46. The van der Waals surface area contributed by atoms with Crippen LogP contribution >= 0.6 is 0 Å². The molecule has 2 aromatic rings. The zero-order valence-corrected chi connectivity index (χ0v) is 19.7. The summed E-state index contributed by atoms with van der Waals surface area (Å²) in [5.74, 6) is 0.0617. The Morgan fingerprint density at radius 2 is 1.52 bits per heavy atom. The summed E-state index contributed by atoms with van der Waals surface area (Å²) >= 11 is 0. The van der Waals surface area contributed by atoms with E-state index in [0.717, 1.165) is 10.9 Å². The van der Waals surface area contributed by atoms with E-state index in [9.17, 15) is 18.4 Å². The quantitative estimate of drug-likeness (QED) is 0.655. The van der Waals surface area contributed by atoms with Gasteiger partial charge in [-0.15, -0.1) is 0 Å². The molecule has 2 aromatic carbocycles. The van der Waals surface area contributed by atoms with Gasteiger partial charge in [0.1, 0.15) is 22.5 Å². The smallest absolute Gasteiger partial charge is 0.410 e. The molecule has 1 aliphatic rings. The fourth-order valence-corrected chi connectivity index (χ4v) is 3.59. The summed E-state index contributed by atoms with van der Waals surface area (Å²) < 4.78 is 40.4. The van der Waals surface area contributed by atoms with E-state index in [1.54, 1.807) is 59.7 Å². The molecule has 1 saturated heterocycles. The molecular weight excluding hydrogens is 434 g/mol. The van der Waals surface area contributed by atoms with Crippen molar-refractivity contribution >= 4 is 23.0 Å². The number of hydrogen-bond donors (Lipinski definition) is 1. The van der Waals surface area contributed by atoms with Gasteiger partial charge in [0.2, 0.25) is 0 Å². The van der Waals surface area contributed by atoms with Crippen LogP contribution < -0.4 is 10.1 Å². The van der Waals surface area contributed by atoms with Crippen LogP contribution in [-0.2, 0) is 15.0 Å². The van der Waals surface area contributed by atoms with Crippen LogP contribution in [0.2, 0.25) is 0 Å². The number of carbonyl (C=O) groups excluding carboxylic acids is 2. The van der Waals surface area contributed by atoms with Gasteiger partial charge in [-0.25, -0.2) is 9.59 Å². The third-order valence-corrected chi connectivity index (χ3v) is 4.90. The second-order valence-electron chi connectivity index (χ2n) is 10.1. The Kier molecular flexibility index (Phi) is 6.46. The van der Waals surface area contributed by atoms with Crippen LogP contribution in [-0.4, -0.2) is 48.0 Å². The van der Waals surface area contributed by atoms with E-state index < -0.39 is 35.5 Å². The second-order valence-corrected chi connectivity index (χ2v) is 10.1. The van der Waals surface area contributed by atoms with Crippen LogP contribution in [0, 0.1) is 0 Å². The predicted molar refractivity (Wildman–Crippen MR) is 119 cm³/mol. The van der Waals surface area contributed by atoms with Gasteiger partial charge in [0, 0.05) is 0 Å². The first-order chi connectivity index (χ1) is 15.2. The highest BCUT2D eigenvalue weighted by molar-refractivity contribution is 5.85. The van der Waals surface area contributed by atoms with Crippen LogP contribution in [0.15, 0.2) is 36.4 Å². The molecule has 0 atom stereocenters. The van der Waals surface area contributed by atoms with Crippen molar-refractivity contribution in [2.45, 2.75) is 64.9 Å². The van der Waals surface area contributed by atoms with Gasteiger partial charge in [-0.1, -0.05) is 18.2 Å². The molecule has 0 aliphatic carbocycles. The number of hydrogen-bond acceptors (Lipinski definition) is 5. The maximum atomic E-state index is 12.6. The second kappa shape index (κ2) is 8.68. The summed E-state index contributed by atoms with van der Waals surface area (Å²) in [5, 5.41) is 4.39. The lowest BCUT2D eigenvalue weighted by Gasteiger charge is -2.50. The Bertz CT molecular complexity index is 1040. The van der Waals surface area contributed by atoms with Crippen LogP contribution in [0.1, 0.15) is 47.1 Å². The molecule has 3 rings (SSSR count). The SMILES string of the molecule is CC(C)(C)OC(=O)NC1(c2ccc3cc(OC(F)F)ccc3c2)CN(C(=O)OC(C)(C)C)C1. The lowest BCUT2D eigenvalue weighted by atomic mass is 9.81. The number of benzene rings is 2. The van der Waals surface area contributed by atoms with Gasteiger partial charge < -0.3 is 24.4 Å².